The maximum atomic E-state index is 12.2. The van der Waals surface area contributed by atoms with Crippen molar-refractivity contribution in [1.29, 1.82) is 0 Å². The molecule has 6 heteroatoms. The van der Waals surface area contributed by atoms with Crippen LogP contribution in [0.5, 0.6) is 0 Å². The van der Waals surface area contributed by atoms with Gasteiger partial charge in [0.25, 0.3) is 5.91 Å². The highest BCUT2D eigenvalue weighted by atomic mass is 79.9. The van der Waals surface area contributed by atoms with Crippen LogP contribution in [0.1, 0.15) is 15.9 Å². The van der Waals surface area contributed by atoms with Gasteiger partial charge in [-0.3, -0.25) is 4.79 Å². The second kappa shape index (κ2) is 7.04. The zero-order valence-electron chi connectivity index (χ0n) is 10.2. The number of nitrogens with two attached hydrogens (primary N) is 1. The van der Waals surface area contributed by atoms with E-state index in [-0.39, 0.29) is 5.91 Å². The first kappa shape index (κ1) is 15.3. The van der Waals surface area contributed by atoms with Crippen LogP contribution in [0.2, 0.25) is 0 Å². The minimum Gasteiger partial charge on any atom is -0.322 e. The van der Waals surface area contributed by atoms with Crippen LogP contribution in [0.15, 0.2) is 37.9 Å². The van der Waals surface area contributed by atoms with E-state index in [1.54, 1.807) is 6.07 Å². The van der Waals surface area contributed by atoms with E-state index < -0.39 is 0 Å². The van der Waals surface area contributed by atoms with Crippen LogP contribution in [0.25, 0.3) is 0 Å². The average molecular weight is 414 g/mol. The number of thiophene rings is 1. The van der Waals surface area contributed by atoms with Crippen molar-refractivity contribution < 1.29 is 4.79 Å². The fraction of sp³-hybridized carbons (Fsp3) is 0.0714. The van der Waals surface area contributed by atoms with E-state index in [4.69, 9.17) is 5.73 Å². The van der Waals surface area contributed by atoms with E-state index in [0.717, 1.165) is 13.1 Å². The molecule has 2 rings (SSSR count). The molecule has 0 saturated carbocycles. The van der Waals surface area contributed by atoms with Crippen molar-refractivity contribution in [1.82, 2.24) is 0 Å². The van der Waals surface area contributed by atoms with Crippen LogP contribution in [-0.2, 0) is 0 Å². The summed E-state index contributed by atoms with van der Waals surface area (Å²) < 4.78 is 1.69. The molecule has 3 nitrogen and oxygen atoms in total. The third kappa shape index (κ3) is 3.93. The van der Waals surface area contributed by atoms with Gasteiger partial charge in [-0.15, -0.1) is 11.3 Å². The van der Waals surface area contributed by atoms with E-state index >= 15 is 0 Å². The topological polar surface area (TPSA) is 55.1 Å². The molecule has 1 amide bonds. The molecule has 1 aromatic carbocycles. The first-order valence-electron chi connectivity index (χ1n) is 5.65. The summed E-state index contributed by atoms with van der Waals surface area (Å²) in [6.45, 7) is 0.312. The normalized spacial score (nSPS) is 9.75. The second-order valence-corrected chi connectivity index (χ2v) is 7.53. The maximum absolute atomic E-state index is 12.2. The van der Waals surface area contributed by atoms with Gasteiger partial charge in [-0.2, -0.15) is 0 Å². The number of rotatable bonds is 2. The molecule has 0 saturated heterocycles. The van der Waals surface area contributed by atoms with Gasteiger partial charge in [0, 0.05) is 11.3 Å². The molecular formula is C14H10Br2N2OS. The van der Waals surface area contributed by atoms with Crippen molar-refractivity contribution >= 4 is 54.8 Å². The highest BCUT2D eigenvalue weighted by molar-refractivity contribution is 9.12. The summed E-state index contributed by atoms with van der Waals surface area (Å²) >= 11 is 8.19. The molecule has 102 valence electrons. The van der Waals surface area contributed by atoms with Gasteiger partial charge in [0.05, 0.1) is 19.7 Å². The van der Waals surface area contributed by atoms with Crippen LogP contribution in [0, 0.1) is 11.8 Å². The van der Waals surface area contributed by atoms with Gasteiger partial charge in [-0.25, -0.2) is 0 Å². The van der Waals surface area contributed by atoms with Crippen molar-refractivity contribution in [2.45, 2.75) is 0 Å². The lowest BCUT2D eigenvalue weighted by atomic mass is 10.2. The molecule has 20 heavy (non-hydrogen) atoms. The standard InChI is InChI=1S/C14H10Br2N2OS/c15-12-8-11(13(16)20-12)14(19)18-10-5-1-3-9(7-10)4-2-6-17/h1,3,5,7-8H,6,17H2,(H,18,19). The van der Waals surface area contributed by atoms with Crippen LogP contribution >= 0.6 is 43.2 Å². The molecule has 0 aliphatic rings. The number of halogens is 2. The third-order valence-corrected chi connectivity index (χ3v) is 4.70. The number of amides is 1. The molecule has 0 fully saturated rings. The minimum atomic E-state index is -0.164. The predicted molar refractivity (Wildman–Crippen MR) is 90.0 cm³/mol. The predicted octanol–water partition coefficient (Wildman–Crippen LogP) is 3.84. The summed E-state index contributed by atoms with van der Waals surface area (Å²) in [5, 5.41) is 2.85. The highest BCUT2D eigenvalue weighted by Crippen LogP contribution is 2.32. The van der Waals surface area contributed by atoms with Crippen molar-refractivity contribution in [2.75, 3.05) is 11.9 Å². The molecule has 0 aliphatic heterocycles. The zero-order valence-corrected chi connectivity index (χ0v) is 14.2. The fourth-order valence-corrected chi connectivity index (χ4v) is 4.31. The van der Waals surface area contributed by atoms with Crippen molar-refractivity contribution in [2.24, 2.45) is 5.73 Å². The molecule has 1 aromatic heterocycles. The highest BCUT2D eigenvalue weighted by Gasteiger charge is 2.13. The van der Waals surface area contributed by atoms with Gasteiger partial charge in [0.2, 0.25) is 0 Å². The number of anilines is 1. The van der Waals surface area contributed by atoms with Gasteiger partial charge >= 0.3 is 0 Å². The van der Waals surface area contributed by atoms with Gasteiger partial charge in [-0.1, -0.05) is 17.9 Å². The zero-order chi connectivity index (χ0) is 14.5. The summed E-state index contributed by atoms with van der Waals surface area (Å²) in [5.41, 5.74) is 7.46. The van der Waals surface area contributed by atoms with Crippen LogP contribution in [0.3, 0.4) is 0 Å². The summed E-state index contributed by atoms with van der Waals surface area (Å²) in [5.74, 6) is 5.55. The molecule has 3 N–H and O–H groups in total. The monoisotopic (exact) mass is 412 g/mol. The Balaban J connectivity index is 2.17. The molecule has 1 heterocycles. The fourth-order valence-electron chi connectivity index (χ4n) is 1.52. The number of benzene rings is 1. The minimum absolute atomic E-state index is 0.164. The molecule has 0 atom stereocenters. The second-order valence-electron chi connectivity index (χ2n) is 3.78. The number of nitrogens with one attached hydrogen (secondary N) is 1. The summed E-state index contributed by atoms with van der Waals surface area (Å²) in [4.78, 5) is 12.2. The first-order valence-corrected chi connectivity index (χ1v) is 8.05. The van der Waals surface area contributed by atoms with Crippen LogP contribution in [-0.4, -0.2) is 12.5 Å². The number of carbonyl (C=O) groups is 1. The van der Waals surface area contributed by atoms with Crippen molar-refractivity contribution in [3.8, 4) is 11.8 Å². The molecule has 0 bridgehead atoms. The van der Waals surface area contributed by atoms with E-state index in [0.29, 0.717) is 17.8 Å². The lowest BCUT2D eigenvalue weighted by Gasteiger charge is -2.04. The molecule has 0 spiro atoms. The molecule has 2 aromatic rings. The van der Waals surface area contributed by atoms with E-state index in [1.165, 1.54) is 11.3 Å². The van der Waals surface area contributed by atoms with Gasteiger partial charge in [0.1, 0.15) is 0 Å². The quantitative estimate of drug-likeness (QED) is 0.735. The third-order valence-electron chi connectivity index (χ3n) is 2.36. The lowest BCUT2D eigenvalue weighted by Crippen LogP contribution is -2.11. The number of hydrogen-bond acceptors (Lipinski definition) is 3. The SMILES string of the molecule is NCC#Cc1cccc(NC(=O)c2cc(Br)sc2Br)c1. The first-order chi connectivity index (χ1) is 9.60. The summed E-state index contributed by atoms with van der Waals surface area (Å²) in [7, 11) is 0. The van der Waals surface area contributed by atoms with E-state index in [1.807, 2.05) is 24.3 Å². The Morgan fingerprint density at radius 2 is 2.15 bits per heavy atom. The van der Waals surface area contributed by atoms with Crippen molar-refractivity contribution in [3.05, 3.63) is 49.0 Å². The molecule has 0 unspecified atom stereocenters. The smallest absolute Gasteiger partial charge is 0.257 e. The Morgan fingerprint density at radius 3 is 2.80 bits per heavy atom. The summed E-state index contributed by atoms with van der Waals surface area (Å²) in [6, 6.07) is 9.13. The lowest BCUT2D eigenvalue weighted by molar-refractivity contribution is 0.102. The number of carbonyl (C=O) groups excluding carboxylic acids is 1. The maximum Gasteiger partial charge on any atom is 0.257 e. The largest absolute Gasteiger partial charge is 0.322 e. The van der Waals surface area contributed by atoms with Crippen LogP contribution < -0.4 is 11.1 Å². The van der Waals surface area contributed by atoms with E-state index in [2.05, 4.69) is 49.0 Å². The Kier molecular flexibility index (Phi) is 5.38. The summed E-state index contributed by atoms with van der Waals surface area (Å²) in [6.07, 6.45) is 0. The van der Waals surface area contributed by atoms with Gasteiger partial charge in [0.15, 0.2) is 0 Å². The van der Waals surface area contributed by atoms with Crippen molar-refractivity contribution in [3.63, 3.8) is 0 Å². The Labute approximate surface area is 137 Å². The molecular weight excluding hydrogens is 404 g/mol. The Bertz CT molecular complexity index is 701. The Morgan fingerprint density at radius 1 is 1.35 bits per heavy atom. The molecule has 0 radical (unpaired) electrons. The Hall–Kier alpha value is -1.13. The average Bonchev–Trinajstić information content (AvgIpc) is 2.76. The number of hydrogen-bond donors (Lipinski definition) is 2. The molecule has 0 aliphatic carbocycles. The van der Waals surface area contributed by atoms with Crippen LogP contribution in [0.4, 0.5) is 5.69 Å². The van der Waals surface area contributed by atoms with E-state index in [9.17, 15) is 4.79 Å². The van der Waals surface area contributed by atoms with Gasteiger partial charge < -0.3 is 11.1 Å². The van der Waals surface area contributed by atoms with Gasteiger partial charge in [-0.05, 0) is 56.1 Å².